The Morgan fingerprint density at radius 2 is 1.93 bits per heavy atom. The molecule has 2 heterocycles. The van der Waals surface area contributed by atoms with Crippen molar-refractivity contribution in [1.82, 2.24) is 19.5 Å². The minimum atomic E-state index is 0.764. The lowest BCUT2D eigenvalue weighted by atomic mass is 10.5. The summed E-state index contributed by atoms with van der Waals surface area (Å²) >= 11 is 0. The summed E-state index contributed by atoms with van der Waals surface area (Å²) in [6.45, 7) is 4.00. The van der Waals surface area contributed by atoms with Crippen LogP contribution in [-0.2, 0) is 7.05 Å². The number of nitrogens with one attached hydrogen (secondary N) is 1. The van der Waals surface area contributed by atoms with Crippen LogP contribution in [0.2, 0.25) is 0 Å². The molecule has 2 rings (SSSR count). The molecule has 5 nitrogen and oxygen atoms in total. The minimum Gasteiger partial charge on any atom is -0.371 e. The van der Waals surface area contributed by atoms with Crippen LogP contribution in [0.25, 0.3) is 11.2 Å². The number of anilines is 1. The first kappa shape index (κ1) is 10.4. The molecule has 76 valence electrons. The maximum atomic E-state index is 4.16. The van der Waals surface area contributed by atoms with Gasteiger partial charge in [0, 0.05) is 14.1 Å². The Balaban J connectivity index is 0.000000461. The first-order valence-corrected chi connectivity index (χ1v) is 4.62. The van der Waals surface area contributed by atoms with Gasteiger partial charge in [-0.05, 0) is 0 Å². The van der Waals surface area contributed by atoms with Crippen molar-refractivity contribution in [2.45, 2.75) is 13.8 Å². The van der Waals surface area contributed by atoms with E-state index < -0.39 is 0 Å². The van der Waals surface area contributed by atoms with Crippen LogP contribution in [0.5, 0.6) is 0 Å². The second-order valence-corrected chi connectivity index (χ2v) is 2.50. The van der Waals surface area contributed by atoms with Crippen LogP contribution in [0.3, 0.4) is 0 Å². The number of aryl methyl sites for hydroxylation is 1. The van der Waals surface area contributed by atoms with Crippen LogP contribution in [0.1, 0.15) is 13.8 Å². The topological polar surface area (TPSA) is 55.6 Å². The predicted octanol–water partition coefficient (Wildman–Crippen LogP) is 1.43. The summed E-state index contributed by atoms with van der Waals surface area (Å²) in [5, 5.41) is 2.96. The van der Waals surface area contributed by atoms with Crippen molar-refractivity contribution in [1.29, 1.82) is 0 Å². The molecule has 2 aromatic heterocycles. The normalized spacial score (nSPS) is 9.43. The van der Waals surface area contributed by atoms with E-state index in [1.807, 2.05) is 32.5 Å². The van der Waals surface area contributed by atoms with Crippen molar-refractivity contribution in [3.05, 3.63) is 12.7 Å². The van der Waals surface area contributed by atoms with Gasteiger partial charge in [0.05, 0.1) is 6.33 Å². The molecule has 0 atom stereocenters. The number of imidazole rings is 1. The van der Waals surface area contributed by atoms with Crippen molar-refractivity contribution in [3.8, 4) is 0 Å². The largest absolute Gasteiger partial charge is 0.371 e. The second-order valence-electron chi connectivity index (χ2n) is 2.50. The van der Waals surface area contributed by atoms with Crippen LogP contribution in [-0.4, -0.2) is 26.6 Å². The molecule has 5 heteroatoms. The number of nitrogens with zero attached hydrogens (tertiary/aromatic N) is 4. The first-order chi connectivity index (χ1) is 6.83. The monoisotopic (exact) mass is 193 g/mol. The van der Waals surface area contributed by atoms with Gasteiger partial charge in [-0.3, -0.25) is 0 Å². The lowest BCUT2D eigenvalue weighted by Gasteiger charge is -1.98. The van der Waals surface area contributed by atoms with E-state index >= 15 is 0 Å². The molecule has 0 aliphatic rings. The fraction of sp³-hybridized carbons (Fsp3) is 0.444. The van der Waals surface area contributed by atoms with Crippen molar-refractivity contribution >= 4 is 17.0 Å². The van der Waals surface area contributed by atoms with Crippen molar-refractivity contribution in [2.24, 2.45) is 7.05 Å². The molecule has 0 spiro atoms. The maximum Gasteiger partial charge on any atom is 0.165 e. The van der Waals surface area contributed by atoms with Crippen LogP contribution in [0, 0.1) is 0 Å². The van der Waals surface area contributed by atoms with E-state index in [0.717, 1.165) is 17.0 Å². The van der Waals surface area contributed by atoms with Gasteiger partial charge in [0.15, 0.2) is 11.5 Å². The average Bonchev–Trinajstić information content (AvgIpc) is 2.64. The molecule has 14 heavy (non-hydrogen) atoms. The molecule has 0 aliphatic carbocycles. The molecule has 0 saturated carbocycles. The van der Waals surface area contributed by atoms with Crippen LogP contribution >= 0.6 is 0 Å². The van der Waals surface area contributed by atoms with Crippen molar-refractivity contribution < 1.29 is 0 Å². The third-order valence-corrected chi connectivity index (χ3v) is 1.73. The molecule has 0 aromatic carbocycles. The highest BCUT2D eigenvalue weighted by molar-refractivity contribution is 5.82. The number of rotatable bonds is 1. The van der Waals surface area contributed by atoms with E-state index in [0.29, 0.717) is 0 Å². The van der Waals surface area contributed by atoms with Gasteiger partial charge in [0.1, 0.15) is 11.8 Å². The molecular formula is C9H15N5. The SMILES string of the molecule is CC.CNc1ncnc2c1ncn2C. The Labute approximate surface area is 83.2 Å². The lowest BCUT2D eigenvalue weighted by molar-refractivity contribution is 0.928. The number of hydrogen-bond acceptors (Lipinski definition) is 4. The summed E-state index contributed by atoms with van der Waals surface area (Å²) in [5.74, 6) is 0.764. The van der Waals surface area contributed by atoms with Gasteiger partial charge in [0.25, 0.3) is 0 Å². The minimum absolute atomic E-state index is 0.764. The molecule has 2 aromatic rings. The van der Waals surface area contributed by atoms with Crippen LogP contribution < -0.4 is 5.32 Å². The lowest BCUT2D eigenvalue weighted by Crippen LogP contribution is -1.95. The summed E-state index contributed by atoms with van der Waals surface area (Å²) in [5.41, 5.74) is 1.65. The molecule has 0 aliphatic heterocycles. The quantitative estimate of drug-likeness (QED) is 0.744. The molecule has 0 fully saturated rings. The van der Waals surface area contributed by atoms with Crippen molar-refractivity contribution in [2.75, 3.05) is 12.4 Å². The third-order valence-electron chi connectivity index (χ3n) is 1.73. The van der Waals surface area contributed by atoms with Crippen molar-refractivity contribution in [3.63, 3.8) is 0 Å². The van der Waals surface area contributed by atoms with Gasteiger partial charge in [-0.1, -0.05) is 13.8 Å². The van der Waals surface area contributed by atoms with E-state index in [1.54, 1.807) is 6.33 Å². The molecule has 0 amide bonds. The zero-order chi connectivity index (χ0) is 10.6. The summed E-state index contributed by atoms with van der Waals surface area (Å²) in [6.07, 6.45) is 3.25. The van der Waals surface area contributed by atoms with E-state index in [1.165, 1.54) is 6.33 Å². The zero-order valence-corrected chi connectivity index (χ0v) is 8.94. The standard InChI is InChI=1S/C7H9N5.C2H6/c1-8-6-5-7(10-3-9-6)12(2)4-11-5;1-2/h3-4H,1-2H3,(H,8,9,10);1-2H3. The Morgan fingerprint density at radius 3 is 2.57 bits per heavy atom. The first-order valence-electron chi connectivity index (χ1n) is 4.62. The van der Waals surface area contributed by atoms with Gasteiger partial charge in [-0.25, -0.2) is 15.0 Å². The van der Waals surface area contributed by atoms with Gasteiger partial charge < -0.3 is 9.88 Å². The summed E-state index contributed by atoms with van der Waals surface area (Å²) in [4.78, 5) is 12.3. The van der Waals surface area contributed by atoms with E-state index in [4.69, 9.17) is 0 Å². The molecular weight excluding hydrogens is 178 g/mol. The highest BCUT2D eigenvalue weighted by atomic mass is 15.1. The molecule has 0 radical (unpaired) electrons. The van der Waals surface area contributed by atoms with E-state index in [2.05, 4.69) is 20.3 Å². The Bertz CT molecular complexity index is 406. The average molecular weight is 193 g/mol. The molecule has 0 saturated heterocycles. The summed E-state index contributed by atoms with van der Waals surface area (Å²) < 4.78 is 1.86. The van der Waals surface area contributed by atoms with Crippen LogP contribution in [0.15, 0.2) is 12.7 Å². The number of aromatic nitrogens is 4. The zero-order valence-electron chi connectivity index (χ0n) is 8.94. The highest BCUT2D eigenvalue weighted by Gasteiger charge is 2.05. The molecule has 0 bridgehead atoms. The highest BCUT2D eigenvalue weighted by Crippen LogP contribution is 2.14. The van der Waals surface area contributed by atoms with E-state index in [9.17, 15) is 0 Å². The Kier molecular flexibility index (Phi) is 3.39. The van der Waals surface area contributed by atoms with Gasteiger partial charge in [0.2, 0.25) is 0 Å². The summed E-state index contributed by atoms with van der Waals surface area (Å²) in [6, 6.07) is 0. The third kappa shape index (κ3) is 1.66. The number of hydrogen-bond donors (Lipinski definition) is 1. The van der Waals surface area contributed by atoms with Gasteiger partial charge in [-0.15, -0.1) is 0 Å². The fourth-order valence-electron chi connectivity index (χ4n) is 1.13. The fourth-order valence-corrected chi connectivity index (χ4v) is 1.13. The van der Waals surface area contributed by atoms with Gasteiger partial charge >= 0.3 is 0 Å². The van der Waals surface area contributed by atoms with Gasteiger partial charge in [-0.2, -0.15) is 0 Å². The summed E-state index contributed by atoms with van der Waals surface area (Å²) in [7, 11) is 3.72. The second kappa shape index (κ2) is 4.55. The van der Waals surface area contributed by atoms with Crippen LogP contribution in [0.4, 0.5) is 5.82 Å². The number of fused-ring (bicyclic) bond motifs is 1. The Hall–Kier alpha value is -1.65. The Morgan fingerprint density at radius 1 is 1.21 bits per heavy atom. The van der Waals surface area contributed by atoms with E-state index in [-0.39, 0.29) is 0 Å². The maximum absolute atomic E-state index is 4.16. The predicted molar refractivity (Wildman–Crippen MR) is 57.2 cm³/mol. The smallest absolute Gasteiger partial charge is 0.165 e. The molecule has 1 N–H and O–H groups in total. The molecule has 0 unspecified atom stereocenters.